The monoisotopic (exact) mass is 93.0 g/mol. The Labute approximate surface area is 34.8 Å². The SMILES string of the molecule is NC(O)C(O)O. The lowest BCUT2D eigenvalue weighted by atomic mass is 10.6. The molecule has 0 aromatic carbocycles. The fourth-order valence-electron chi connectivity index (χ4n) is 0. The van der Waals surface area contributed by atoms with Crippen LogP contribution >= 0.6 is 0 Å². The van der Waals surface area contributed by atoms with Gasteiger partial charge in [0.05, 0.1) is 0 Å². The van der Waals surface area contributed by atoms with Gasteiger partial charge in [-0.25, -0.2) is 0 Å². The molecule has 0 rings (SSSR count). The maximum absolute atomic E-state index is 7.91. The highest BCUT2D eigenvalue weighted by Gasteiger charge is 2.02. The van der Waals surface area contributed by atoms with Crippen LogP contribution in [0.2, 0.25) is 0 Å². The number of aliphatic hydroxyl groups is 3. The van der Waals surface area contributed by atoms with Crippen molar-refractivity contribution in [2.24, 2.45) is 5.73 Å². The molecule has 4 nitrogen and oxygen atoms in total. The third kappa shape index (κ3) is 2.10. The first-order valence-electron chi connectivity index (χ1n) is 1.44. The lowest BCUT2D eigenvalue weighted by molar-refractivity contribution is -0.119. The zero-order valence-corrected chi connectivity index (χ0v) is 3.07. The van der Waals surface area contributed by atoms with Crippen LogP contribution in [0.15, 0.2) is 0 Å². The molecule has 0 fully saturated rings. The summed E-state index contributed by atoms with van der Waals surface area (Å²) in [4.78, 5) is 0. The van der Waals surface area contributed by atoms with E-state index in [0.717, 1.165) is 0 Å². The van der Waals surface area contributed by atoms with E-state index in [1.165, 1.54) is 0 Å². The van der Waals surface area contributed by atoms with E-state index in [0.29, 0.717) is 0 Å². The van der Waals surface area contributed by atoms with Crippen molar-refractivity contribution in [1.82, 2.24) is 0 Å². The third-order valence-electron chi connectivity index (χ3n) is 0.305. The van der Waals surface area contributed by atoms with Crippen molar-refractivity contribution in [3.8, 4) is 0 Å². The minimum Gasteiger partial charge on any atom is -0.373 e. The molecule has 6 heavy (non-hydrogen) atoms. The van der Waals surface area contributed by atoms with Crippen LogP contribution in [-0.2, 0) is 0 Å². The largest absolute Gasteiger partial charge is 0.373 e. The normalized spacial score (nSPS) is 15.5. The smallest absolute Gasteiger partial charge is 0.191 e. The fraction of sp³-hybridized carbons (Fsp3) is 1.00. The molecular weight excluding hydrogens is 86.0 g/mol. The Morgan fingerprint density at radius 2 is 1.33 bits per heavy atom. The number of aliphatic hydroxyl groups excluding tert-OH is 2. The third-order valence-corrected chi connectivity index (χ3v) is 0.305. The van der Waals surface area contributed by atoms with Gasteiger partial charge in [0.25, 0.3) is 0 Å². The molecule has 1 unspecified atom stereocenters. The Morgan fingerprint density at radius 3 is 1.33 bits per heavy atom. The van der Waals surface area contributed by atoms with Crippen LogP contribution in [0.4, 0.5) is 0 Å². The Kier molecular flexibility index (Phi) is 2.04. The van der Waals surface area contributed by atoms with Crippen LogP contribution in [0.1, 0.15) is 0 Å². The van der Waals surface area contributed by atoms with E-state index < -0.39 is 12.5 Å². The van der Waals surface area contributed by atoms with Gasteiger partial charge in [-0.2, -0.15) is 0 Å². The number of hydrogen-bond acceptors (Lipinski definition) is 4. The van der Waals surface area contributed by atoms with Gasteiger partial charge in [-0.15, -0.1) is 0 Å². The van der Waals surface area contributed by atoms with Gasteiger partial charge in [-0.05, 0) is 0 Å². The summed E-state index contributed by atoms with van der Waals surface area (Å²) in [6.07, 6.45) is -3.35. The molecule has 0 radical (unpaired) electrons. The minimum atomic E-state index is -1.81. The average Bonchev–Trinajstić information content (AvgIpc) is 1.36. The summed E-state index contributed by atoms with van der Waals surface area (Å²) in [5, 5.41) is 23.5. The van der Waals surface area contributed by atoms with Crippen LogP contribution < -0.4 is 5.73 Å². The van der Waals surface area contributed by atoms with Crippen LogP contribution in [-0.4, -0.2) is 27.8 Å². The van der Waals surface area contributed by atoms with Crippen molar-refractivity contribution in [2.45, 2.75) is 12.5 Å². The van der Waals surface area contributed by atoms with Gasteiger partial charge in [0.15, 0.2) is 12.5 Å². The number of hydrogen-bond donors (Lipinski definition) is 4. The molecule has 0 heterocycles. The molecular formula is C2H7NO3. The Morgan fingerprint density at radius 1 is 1.17 bits per heavy atom. The molecule has 5 N–H and O–H groups in total. The maximum Gasteiger partial charge on any atom is 0.191 e. The summed E-state index contributed by atoms with van der Waals surface area (Å²) >= 11 is 0. The van der Waals surface area contributed by atoms with Gasteiger partial charge in [0, 0.05) is 0 Å². The first kappa shape index (κ1) is 5.84. The van der Waals surface area contributed by atoms with Crippen molar-refractivity contribution < 1.29 is 15.3 Å². The van der Waals surface area contributed by atoms with Gasteiger partial charge in [0.1, 0.15) is 0 Å². The molecule has 0 aliphatic carbocycles. The summed E-state index contributed by atoms with van der Waals surface area (Å²) in [5.41, 5.74) is 4.49. The Bertz CT molecular complexity index is 29.8. The van der Waals surface area contributed by atoms with E-state index in [1.807, 2.05) is 0 Å². The second-order valence-corrected chi connectivity index (χ2v) is 0.904. The average molecular weight is 93.1 g/mol. The van der Waals surface area contributed by atoms with Crippen molar-refractivity contribution >= 4 is 0 Å². The summed E-state index contributed by atoms with van der Waals surface area (Å²) in [6.45, 7) is 0. The molecule has 0 aromatic rings. The van der Waals surface area contributed by atoms with Gasteiger partial charge in [-0.3, -0.25) is 0 Å². The van der Waals surface area contributed by atoms with Crippen LogP contribution in [0, 0.1) is 0 Å². The highest BCUT2D eigenvalue weighted by atomic mass is 16.5. The van der Waals surface area contributed by atoms with Crippen LogP contribution in [0.3, 0.4) is 0 Å². The first-order valence-corrected chi connectivity index (χ1v) is 1.44. The Balaban J connectivity index is 2.99. The van der Waals surface area contributed by atoms with E-state index in [1.54, 1.807) is 0 Å². The molecule has 0 aliphatic rings. The molecule has 0 saturated carbocycles. The summed E-state index contributed by atoms with van der Waals surface area (Å²) in [5.74, 6) is 0. The quantitative estimate of drug-likeness (QED) is 0.271. The second kappa shape index (κ2) is 2.09. The van der Waals surface area contributed by atoms with Crippen molar-refractivity contribution in [1.29, 1.82) is 0 Å². The van der Waals surface area contributed by atoms with E-state index in [4.69, 9.17) is 15.3 Å². The van der Waals surface area contributed by atoms with Crippen molar-refractivity contribution in [3.05, 3.63) is 0 Å². The molecule has 0 aromatic heterocycles. The highest BCUT2D eigenvalue weighted by molar-refractivity contribution is 4.39. The van der Waals surface area contributed by atoms with Crippen molar-refractivity contribution in [2.75, 3.05) is 0 Å². The van der Waals surface area contributed by atoms with Crippen molar-refractivity contribution in [3.63, 3.8) is 0 Å². The molecule has 4 heteroatoms. The predicted octanol–water partition coefficient (Wildman–Crippen LogP) is -2.43. The zero-order chi connectivity index (χ0) is 5.15. The van der Waals surface area contributed by atoms with Gasteiger partial charge < -0.3 is 21.1 Å². The zero-order valence-electron chi connectivity index (χ0n) is 3.07. The van der Waals surface area contributed by atoms with E-state index in [-0.39, 0.29) is 0 Å². The van der Waals surface area contributed by atoms with Crippen LogP contribution in [0.25, 0.3) is 0 Å². The molecule has 0 amide bonds. The molecule has 0 spiro atoms. The number of nitrogens with two attached hydrogens (primary N) is 1. The van der Waals surface area contributed by atoms with Crippen LogP contribution in [0.5, 0.6) is 0 Å². The topological polar surface area (TPSA) is 86.7 Å². The molecule has 38 valence electrons. The van der Waals surface area contributed by atoms with E-state index in [9.17, 15) is 0 Å². The lowest BCUT2D eigenvalue weighted by Crippen LogP contribution is -2.33. The molecule has 0 saturated heterocycles. The van der Waals surface area contributed by atoms with E-state index >= 15 is 0 Å². The standard InChI is InChI=1S/C2H7NO3/c3-1(4)2(5)6/h1-2,4-6H,3H2. The highest BCUT2D eigenvalue weighted by Crippen LogP contribution is 1.73. The Hall–Kier alpha value is -0.160. The minimum absolute atomic E-state index is 1.54. The number of rotatable bonds is 1. The molecule has 0 bridgehead atoms. The molecule has 1 atom stereocenters. The fourth-order valence-corrected chi connectivity index (χ4v) is 0. The second-order valence-electron chi connectivity index (χ2n) is 0.904. The van der Waals surface area contributed by atoms with Gasteiger partial charge >= 0.3 is 0 Å². The molecule has 0 aliphatic heterocycles. The first-order chi connectivity index (χ1) is 2.64. The van der Waals surface area contributed by atoms with E-state index in [2.05, 4.69) is 5.73 Å². The van der Waals surface area contributed by atoms with Gasteiger partial charge in [-0.1, -0.05) is 0 Å². The van der Waals surface area contributed by atoms with Gasteiger partial charge in [0.2, 0.25) is 0 Å². The summed E-state index contributed by atoms with van der Waals surface area (Å²) in [6, 6.07) is 0. The summed E-state index contributed by atoms with van der Waals surface area (Å²) in [7, 11) is 0. The summed E-state index contributed by atoms with van der Waals surface area (Å²) < 4.78 is 0. The lowest BCUT2D eigenvalue weighted by Gasteiger charge is -2.02. The maximum atomic E-state index is 7.91. The predicted molar refractivity (Wildman–Crippen MR) is 18.4 cm³/mol.